The minimum Gasteiger partial charge on any atom is -0.486 e. The van der Waals surface area contributed by atoms with Crippen LogP contribution in [0.1, 0.15) is 15.9 Å². The monoisotopic (exact) mass is 433 g/mol. The van der Waals surface area contributed by atoms with Gasteiger partial charge in [0.25, 0.3) is 0 Å². The van der Waals surface area contributed by atoms with Crippen LogP contribution >= 0.6 is 15.9 Å². The largest absolute Gasteiger partial charge is 0.486 e. The molecule has 2 heterocycles. The Morgan fingerprint density at radius 1 is 1.07 bits per heavy atom. The van der Waals surface area contributed by atoms with Crippen molar-refractivity contribution in [3.8, 4) is 11.5 Å². The lowest BCUT2D eigenvalue weighted by Crippen LogP contribution is -2.23. The number of carbonyl (C=O) groups is 2. The molecule has 0 spiro atoms. The lowest BCUT2D eigenvalue weighted by Gasteiger charge is -2.20. The van der Waals surface area contributed by atoms with Gasteiger partial charge < -0.3 is 18.9 Å². The van der Waals surface area contributed by atoms with Crippen molar-refractivity contribution >= 4 is 33.7 Å². The third-order valence-corrected chi connectivity index (χ3v) is 4.96. The van der Waals surface area contributed by atoms with Gasteiger partial charge in [-0.1, -0.05) is 22.0 Å². The Bertz CT molecular complexity index is 900. The normalized spacial score (nSPS) is 15.4. The van der Waals surface area contributed by atoms with Crippen molar-refractivity contribution in [1.82, 2.24) is 0 Å². The Balaban J connectivity index is 1.46. The van der Waals surface area contributed by atoms with E-state index in [-0.39, 0.29) is 6.61 Å². The third kappa shape index (κ3) is 3.71. The molecule has 1 amide bonds. The van der Waals surface area contributed by atoms with E-state index in [1.807, 2.05) is 0 Å². The summed E-state index contributed by atoms with van der Waals surface area (Å²) in [4.78, 5) is 25.6. The first kappa shape index (κ1) is 17.7. The predicted octanol–water partition coefficient (Wildman–Crippen LogP) is 3.53. The van der Waals surface area contributed by atoms with Crippen LogP contribution in [0.5, 0.6) is 11.5 Å². The smallest absolute Gasteiger partial charge is 0.414 e. The molecule has 0 aliphatic carbocycles. The van der Waals surface area contributed by atoms with Gasteiger partial charge in [-0.15, -0.1) is 0 Å². The van der Waals surface area contributed by atoms with E-state index in [1.54, 1.807) is 36.4 Å². The average molecular weight is 434 g/mol. The van der Waals surface area contributed by atoms with Gasteiger partial charge in [0.05, 0.1) is 12.1 Å². The zero-order valence-electron chi connectivity index (χ0n) is 14.3. The fourth-order valence-electron chi connectivity index (χ4n) is 2.87. The second-order valence-electron chi connectivity index (χ2n) is 5.98. The molecule has 7 nitrogen and oxygen atoms in total. The van der Waals surface area contributed by atoms with Crippen LogP contribution < -0.4 is 14.4 Å². The first-order valence-corrected chi connectivity index (χ1v) is 9.20. The van der Waals surface area contributed by atoms with E-state index in [1.165, 1.54) is 4.90 Å². The second-order valence-corrected chi connectivity index (χ2v) is 6.83. The highest BCUT2D eigenvalue weighted by atomic mass is 79.9. The lowest BCUT2D eigenvalue weighted by atomic mass is 10.2. The molecule has 0 radical (unpaired) electrons. The molecule has 2 aliphatic heterocycles. The highest BCUT2D eigenvalue weighted by Gasteiger charge is 2.24. The first-order chi connectivity index (χ1) is 13.1. The zero-order valence-corrected chi connectivity index (χ0v) is 15.9. The van der Waals surface area contributed by atoms with Gasteiger partial charge in [0.2, 0.25) is 0 Å². The summed E-state index contributed by atoms with van der Waals surface area (Å²) in [7, 11) is 0. The number of ether oxygens (including phenoxy) is 4. The summed E-state index contributed by atoms with van der Waals surface area (Å²) in [6, 6.07) is 10.3. The maximum Gasteiger partial charge on any atom is 0.414 e. The van der Waals surface area contributed by atoms with Crippen LogP contribution in [0.2, 0.25) is 0 Å². The summed E-state index contributed by atoms with van der Waals surface area (Å²) in [6.45, 7) is 1.87. The minimum absolute atomic E-state index is 0.0754. The van der Waals surface area contributed by atoms with E-state index >= 15 is 0 Å². The van der Waals surface area contributed by atoms with Crippen molar-refractivity contribution in [2.24, 2.45) is 0 Å². The molecule has 27 heavy (non-hydrogen) atoms. The van der Waals surface area contributed by atoms with Gasteiger partial charge in [0.1, 0.15) is 26.4 Å². The summed E-state index contributed by atoms with van der Waals surface area (Å²) in [5.74, 6) is 0.810. The van der Waals surface area contributed by atoms with Crippen molar-refractivity contribution in [2.45, 2.75) is 6.61 Å². The Morgan fingerprint density at radius 3 is 2.59 bits per heavy atom. The van der Waals surface area contributed by atoms with Crippen molar-refractivity contribution < 1.29 is 28.5 Å². The molecule has 0 N–H and O–H groups in total. The predicted molar refractivity (Wildman–Crippen MR) is 99.4 cm³/mol. The Hall–Kier alpha value is -2.74. The summed E-state index contributed by atoms with van der Waals surface area (Å²) >= 11 is 3.46. The van der Waals surface area contributed by atoms with Crippen molar-refractivity contribution in [2.75, 3.05) is 31.3 Å². The number of anilines is 1. The molecule has 1 fully saturated rings. The van der Waals surface area contributed by atoms with Gasteiger partial charge in [-0.2, -0.15) is 0 Å². The van der Waals surface area contributed by atoms with Gasteiger partial charge in [-0.05, 0) is 30.3 Å². The fourth-order valence-corrected chi connectivity index (χ4v) is 3.31. The van der Waals surface area contributed by atoms with E-state index in [9.17, 15) is 9.59 Å². The van der Waals surface area contributed by atoms with Crippen LogP contribution in [0, 0.1) is 0 Å². The molecule has 0 bridgehead atoms. The van der Waals surface area contributed by atoms with E-state index < -0.39 is 12.1 Å². The summed E-state index contributed by atoms with van der Waals surface area (Å²) in [6.07, 6.45) is -0.416. The highest BCUT2D eigenvalue weighted by molar-refractivity contribution is 9.10. The van der Waals surface area contributed by atoms with Crippen LogP contribution in [0.15, 0.2) is 40.9 Å². The summed E-state index contributed by atoms with van der Waals surface area (Å²) in [5, 5.41) is 0. The lowest BCUT2D eigenvalue weighted by molar-refractivity contribution is 0.0471. The van der Waals surface area contributed by atoms with Crippen LogP contribution in [-0.4, -0.2) is 38.4 Å². The van der Waals surface area contributed by atoms with Crippen molar-refractivity contribution in [3.63, 3.8) is 0 Å². The SMILES string of the molecule is O=C(OCc1cc2c(cc1Br)OCCO2)c1cccc(N2CCOC2=O)c1. The molecule has 0 saturated carbocycles. The molecule has 1 saturated heterocycles. The van der Waals surface area contributed by atoms with Gasteiger partial charge in [-0.25, -0.2) is 9.59 Å². The number of esters is 1. The maximum absolute atomic E-state index is 12.4. The van der Waals surface area contributed by atoms with E-state index in [2.05, 4.69) is 15.9 Å². The number of fused-ring (bicyclic) bond motifs is 1. The second kappa shape index (κ2) is 7.48. The molecule has 4 rings (SSSR count). The standard InChI is InChI=1S/C19H16BrNO6/c20-15-10-17-16(24-6-7-25-17)9-13(15)11-27-18(22)12-2-1-3-14(8-12)21-4-5-26-19(21)23/h1-3,8-10H,4-7,11H2. The average Bonchev–Trinajstić information content (AvgIpc) is 3.12. The molecule has 2 aromatic carbocycles. The highest BCUT2D eigenvalue weighted by Crippen LogP contribution is 2.35. The molecule has 0 atom stereocenters. The summed E-state index contributed by atoms with van der Waals surface area (Å²) in [5.41, 5.74) is 1.74. The molecule has 140 valence electrons. The summed E-state index contributed by atoms with van der Waals surface area (Å²) < 4.78 is 22.2. The van der Waals surface area contributed by atoms with Crippen molar-refractivity contribution in [3.05, 3.63) is 52.0 Å². The molecule has 2 aliphatic rings. The molecule has 8 heteroatoms. The van der Waals surface area contributed by atoms with Crippen LogP contribution in [0.3, 0.4) is 0 Å². The maximum atomic E-state index is 12.4. The number of hydrogen-bond donors (Lipinski definition) is 0. The molecule has 0 unspecified atom stereocenters. The number of nitrogens with zero attached hydrogens (tertiary/aromatic N) is 1. The van der Waals surface area contributed by atoms with Crippen LogP contribution in [-0.2, 0) is 16.1 Å². The number of hydrogen-bond acceptors (Lipinski definition) is 6. The Kier molecular flexibility index (Phi) is 4.89. The molecular weight excluding hydrogens is 418 g/mol. The Morgan fingerprint density at radius 2 is 1.85 bits per heavy atom. The molecule has 2 aromatic rings. The first-order valence-electron chi connectivity index (χ1n) is 8.41. The zero-order chi connectivity index (χ0) is 18.8. The number of benzene rings is 2. The third-order valence-electron chi connectivity index (χ3n) is 4.22. The minimum atomic E-state index is -0.480. The number of carbonyl (C=O) groups excluding carboxylic acids is 2. The topological polar surface area (TPSA) is 74.3 Å². The van der Waals surface area contributed by atoms with Crippen molar-refractivity contribution in [1.29, 1.82) is 0 Å². The van der Waals surface area contributed by atoms with E-state index in [0.717, 1.165) is 10.0 Å². The van der Waals surface area contributed by atoms with Gasteiger partial charge in [-0.3, -0.25) is 4.90 Å². The van der Waals surface area contributed by atoms with E-state index in [4.69, 9.17) is 18.9 Å². The van der Waals surface area contributed by atoms with Gasteiger partial charge >= 0.3 is 12.1 Å². The van der Waals surface area contributed by atoms with Crippen LogP contribution in [0.25, 0.3) is 0 Å². The quantitative estimate of drug-likeness (QED) is 0.686. The van der Waals surface area contributed by atoms with Gasteiger partial charge in [0, 0.05) is 15.7 Å². The number of halogens is 1. The number of amides is 1. The molecule has 0 aromatic heterocycles. The molecular formula is C19H16BrNO6. The van der Waals surface area contributed by atoms with Gasteiger partial charge in [0.15, 0.2) is 11.5 Å². The van der Waals surface area contributed by atoms with E-state index in [0.29, 0.717) is 49.1 Å². The Labute approximate surface area is 163 Å². The van der Waals surface area contributed by atoms with Crippen LogP contribution in [0.4, 0.5) is 10.5 Å². The number of rotatable bonds is 4. The fraction of sp³-hybridized carbons (Fsp3) is 0.263. The number of cyclic esters (lactones) is 1.